The molecule has 0 atom stereocenters. The van der Waals surface area contributed by atoms with Crippen LogP contribution in [0.3, 0.4) is 0 Å². The number of nitrogens with two attached hydrogens (primary N) is 1. The third-order valence-electron chi connectivity index (χ3n) is 5.90. The molecule has 4 aromatic rings. The van der Waals surface area contributed by atoms with Crippen molar-refractivity contribution in [2.24, 2.45) is 0 Å². The van der Waals surface area contributed by atoms with Gasteiger partial charge in [0.15, 0.2) is 0 Å². The van der Waals surface area contributed by atoms with Crippen molar-refractivity contribution >= 4 is 39.9 Å². The molecule has 0 saturated heterocycles. The number of carbonyl (C=O) groups is 1. The summed E-state index contributed by atoms with van der Waals surface area (Å²) in [6.07, 6.45) is 1.63. The predicted octanol–water partition coefficient (Wildman–Crippen LogP) is 3.74. The Morgan fingerprint density at radius 3 is 2.61 bits per heavy atom. The molecular weight excluding hydrogens is 458 g/mol. The standard InChI is InChI=1S/C26H31N7O3/c1-32(2)12-13-33(3)21-15-22(35-4)20(14-17(21)27)31-26-28-11-10-19(30-26)23-16-8-6-7-9-18(16)29-24(23)25(34)36-5/h6-11,14-15,29H,12-13,27H2,1-5H3,(H,28,30,31). The van der Waals surface area contributed by atoms with E-state index in [1.54, 1.807) is 19.4 Å². The molecule has 0 fully saturated rings. The van der Waals surface area contributed by atoms with Crippen molar-refractivity contribution in [1.29, 1.82) is 0 Å². The number of carbonyl (C=O) groups excluding carboxylic acids is 1. The topological polar surface area (TPSA) is 122 Å². The maximum absolute atomic E-state index is 12.5. The van der Waals surface area contributed by atoms with Crippen molar-refractivity contribution in [2.45, 2.75) is 0 Å². The van der Waals surface area contributed by atoms with Crippen molar-refractivity contribution in [1.82, 2.24) is 19.9 Å². The average Bonchev–Trinajstić information content (AvgIpc) is 3.27. The van der Waals surface area contributed by atoms with Crippen LogP contribution in [0.25, 0.3) is 22.2 Å². The second kappa shape index (κ2) is 10.5. The fraction of sp³-hybridized carbons (Fsp3) is 0.269. The van der Waals surface area contributed by atoms with E-state index in [0.29, 0.717) is 40.0 Å². The monoisotopic (exact) mass is 489 g/mol. The third kappa shape index (κ3) is 5.03. The first-order valence-electron chi connectivity index (χ1n) is 11.4. The number of esters is 1. The summed E-state index contributed by atoms with van der Waals surface area (Å²) in [6, 6.07) is 13.1. The lowest BCUT2D eigenvalue weighted by Crippen LogP contribution is -2.29. The number of hydrogen-bond donors (Lipinski definition) is 3. The van der Waals surface area contributed by atoms with E-state index >= 15 is 0 Å². The van der Waals surface area contributed by atoms with Crippen LogP contribution in [-0.4, -0.2) is 74.3 Å². The first-order chi connectivity index (χ1) is 17.3. The van der Waals surface area contributed by atoms with E-state index in [2.05, 4.69) is 30.1 Å². The van der Waals surface area contributed by atoms with Crippen molar-refractivity contribution in [3.05, 3.63) is 54.4 Å². The molecule has 0 aliphatic carbocycles. The van der Waals surface area contributed by atoms with Crippen molar-refractivity contribution in [3.8, 4) is 17.0 Å². The summed E-state index contributed by atoms with van der Waals surface area (Å²) in [5.74, 6) is 0.463. The SMILES string of the molecule is COC(=O)c1[nH]c2ccccc2c1-c1ccnc(Nc2cc(N)c(N(C)CCN(C)C)cc2OC)n1. The third-order valence-corrected chi connectivity index (χ3v) is 5.90. The number of aromatic amines is 1. The number of benzene rings is 2. The highest BCUT2D eigenvalue weighted by atomic mass is 16.5. The zero-order valence-electron chi connectivity index (χ0n) is 21.1. The van der Waals surface area contributed by atoms with Gasteiger partial charge in [0.25, 0.3) is 0 Å². The largest absolute Gasteiger partial charge is 0.494 e. The Morgan fingerprint density at radius 1 is 1.11 bits per heavy atom. The summed E-state index contributed by atoms with van der Waals surface area (Å²) in [5, 5.41) is 4.07. The molecule has 4 rings (SSSR count). The first kappa shape index (κ1) is 24.8. The normalized spacial score (nSPS) is 11.1. The van der Waals surface area contributed by atoms with Crippen LogP contribution in [0.5, 0.6) is 5.75 Å². The number of methoxy groups -OCH3 is 2. The molecule has 36 heavy (non-hydrogen) atoms. The van der Waals surface area contributed by atoms with Gasteiger partial charge in [-0.15, -0.1) is 0 Å². The van der Waals surface area contributed by atoms with Gasteiger partial charge in [-0.05, 0) is 32.3 Å². The molecule has 0 bridgehead atoms. The molecule has 10 nitrogen and oxygen atoms in total. The number of aromatic nitrogens is 3. The number of anilines is 4. The lowest BCUT2D eigenvalue weighted by molar-refractivity contribution is 0.0596. The van der Waals surface area contributed by atoms with E-state index in [1.165, 1.54) is 7.11 Å². The summed E-state index contributed by atoms with van der Waals surface area (Å²) >= 11 is 0. The van der Waals surface area contributed by atoms with Crippen LogP contribution in [-0.2, 0) is 4.74 Å². The molecule has 2 aromatic carbocycles. The minimum Gasteiger partial charge on any atom is -0.494 e. The van der Waals surface area contributed by atoms with Gasteiger partial charge < -0.3 is 35.3 Å². The maximum atomic E-state index is 12.5. The van der Waals surface area contributed by atoms with Crippen molar-refractivity contribution in [2.75, 3.05) is 64.4 Å². The molecular formula is C26H31N7O3. The molecule has 2 aromatic heterocycles. The number of rotatable bonds is 9. The smallest absolute Gasteiger partial charge is 0.355 e. The number of nitrogens with zero attached hydrogens (tertiary/aromatic N) is 4. The van der Waals surface area contributed by atoms with Gasteiger partial charge >= 0.3 is 5.97 Å². The fourth-order valence-corrected chi connectivity index (χ4v) is 4.00. The van der Waals surface area contributed by atoms with Crippen LogP contribution in [0.15, 0.2) is 48.7 Å². The highest BCUT2D eigenvalue weighted by molar-refractivity contribution is 6.07. The van der Waals surface area contributed by atoms with Crippen LogP contribution < -0.4 is 20.7 Å². The van der Waals surface area contributed by atoms with Gasteiger partial charge in [-0.1, -0.05) is 18.2 Å². The number of hydrogen-bond acceptors (Lipinski definition) is 9. The van der Waals surface area contributed by atoms with Gasteiger partial charge in [-0.2, -0.15) is 0 Å². The van der Waals surface area contributed by atoms with Gasteiger partial charge in [0.05, 0.1) is 37.0 Å². The minimum absolute atomic E-state index is 0.329. The Bertz CT molecular complexity index is 1380. The van der Waals surface area contributed by atoms with Crippen LogP contribution in [0.1, 0.15) is 10.5 Å². The van der Waals surface area contributed by atoms with Crippen LogP contribution in [0.2, 0.25) is 0 Å². The fourth-order valence-electron chi connectivity index (χ4n) is 4.00. The maximum Gasteiger partial charge on any atom is 0.355 e. The quantitative estimate of drug-likeness (QED) is 0.238. The summed E-state index contributed by atoms with van der Waals surface area (Å²) in [7, 11) is 9.01. The molecule has 10 heteroatoms. The predicted molar refractivity (Wildman–Crippen MR) is 143 cm³/mol. The first-order valence-corrected chi connectivity index (χ1v) is 11.4. The van der Waals surface area contributed by atoms with E-state index in [1.807, 2.05) is 57.5 Å². The van der Waals surface area contributed by atoms with Crippen LogP contribution >= 0.6 is 0 Å². The number of nitrogens with one attached hydrogen (secondary N) is 2. The van der Waals surface area contributed by atoms with E-state index < -0.39 is 5.97 Å². The zero-order valence-corrected chi connectivity index (χ0v) is 21.1. The van der Waals surface area contributed by atoms with E-state index in [0.717, 1.165) is 29.7 Å². The molecule has 0 aliphatic rings. The second-order valence-corrected chi connectivity index (χ2v) is 8.64. The Labute approximate surface area is 210 Å². The Balaban J connectivity index is 1.69. The van der Waals surface area contributed by atoms with Gasteiger partial charge in [-0.25, -0.2) is 14.8 Å². The van der Waals surface area contributed by atoms with Gasteiger partial charge in [0, 0.05) is 48.9 Å². The number of ether oxygens (including phenoxy) is 2. The number of nitrogen functional groups attached to an aromatic ring is 1. The molecule has 0 spiro atoms. The van der Waals surface area contributed by atoms with E-state index in [9.17, 15) is 4.79 Å². The molecule has 0 radical (unpaired) electrons. The van der Waals surface area contributed by atoms with Gasteiger partial charge in [-0.3, -0.25) is 0 Å². The number of likely N-dealkylation sites (N-methyl/N-ethyl adjacent to an activating group) is 2. The number of para-hydroxylation sites is 1. The summed E-state index contributed by atoms with van der Waals surface area (Å²) in [6.45, 7) is 1.70. The van der Waals surface area contributed by atoms with Crippen LogP contribution in [0.4, 0.5) is 23.0 Å². The molecule has 2 heterocycles. The highest BCUT2D eigenvalue weighted by Gasteiger charge is 2.21. The molecule has 4 N–H and O–H groups in total. The Hall–Kier alpha value is -4.31. The average molecular weight is 490 g/mol. The van der Waals surface area contributed by atoms with Gasteiger partial charge in [0.1, 0.15) is 11.4 Å². The lowest BCUT2D eigenvalue weighted by atomic mass is 10.1. The molecule has 0 aliphatic heterocycles. The zero-order chi connectivity index (χ0) is 25.8. The molecule has 0 amide bonds. The minimum atomic E-state index is -0.474. The summed E-state index contributed by atoms with van der Waals surface area (Å²) in [4.78, 5) is 28.9. The number of H-pyrrole nitrogens is 1. The Morgan fingerprint density at radius 2 is 1.89 bits per heavy atom. The molecule has 188 valence electrons. The molecule has 0 unspecified atom stereocenters. The molecule has 0 saturated carbocycles. The highest BCUT2D eigenvalue weighted by Crippen LogP contribution is 2.37. The van der Waals surface area contributed by atoms with Gasteiger partial charge in [0.2, 0.25) is 5.95 Å². The van der Waals surface area contributed by atoms with Crippen LogP contribution in [0, 0.1) is 0 Å². The van der Waals surface area contributed by atoms with Crippen molar-refractivity contribution < 1.29 is 14.3 Å². The van der Waals surface area contributed by atoms with Crippen molar-refractivity contribution in [3.63, 3.8) is 0 Å². The summed E-state index contributed by atoms with van der Waals surface area (Å²) in [5.41, 5.74) is 10.8. The summed E-state index contributed by atoms with van der Waals surface area (Å²) < 4.78 is 10.6. The Kier molecular flexibility index (Phi) is 7.25. The second-order valence-electron chi connectivity index (χ2n) is 8.64. The van der Waals surface area contributed by atoms with E-state index in [4.69, 9.17) is 15.2 Å². The van der Waals surface area contributed by atoms with E-state index in [-0.39, 0.29) is 0 Å². The number of fused-ring (bicyclic) bond motifs is 1. The lowest BCUT2D eigenvalue weighted by Gasteiger charge is -2.24.